The molecule has 0 atom stereocenters. The molecule has 1 aromatic heterocycles. The van der Waals surface area contributed by atoms with Gasteiger partial charge in [-0.3, -0.25) is 4.79 Å². The average molecular weight is 265 g/mol. The molecule has 1 heterocycles. The van der Waals surface area contributed by atoms with Crippen LogP contribution in [0.5, 0.6) is 0 Å². The van der Waals surface area contributed by atoms with Crippen LogP contribution in [0.4, 0.5) is 5.82 Å². The molecule has 0 saturated heterocycles. The van der Waals surface area contributed by atoms with Gasteiger partial charge in [0.25, 0.3) is 0 Å². The molecule has 0 aliphatic rings. The molecular weight excluding hydrogens is 246 g/mol. The first-order valence-electron chi connectivity index (χ1n) is 6.17. The number of carbonyl (C=O) groups excluding carboxylic acids is 1. The highest BCUT2D eigenvalue weighted by atomic mass is 16.4. The first kappa shape index (κ1) is 14.9. The van der Waals surface area contributed by atoms with Crippen molar-refractivity contribution in [2.75, 3.05) is 18.4 Å². The Balaban J connectivity index is 2.82. The van der Waals surface area contributed by atoms with Crippen LogP contribution >= 0.6 is 0 Å². The van der Waals surface area contributed by atoms with Crippen molar-refractivity contribution in [1.82, 2.24) is 10.3 Å². The van der Waals surface area contributed by atoms with Crippen LogP contribution < -0.4 is 10.6 Å². The minimum Gasteiger partial charge on any atom is -0.478 e. The number of nitrogens with zero attached hydrogens (tertiary/aromatic N) is 1. The number of aromatic nitrogens is 1. The van der Waals surface area contributed by atoms with Crippen LogP contribution in [0.1, 0.15) is 35.0 Å². The molecule has 0 spiro atoms. The Morgan fingerprint density at radius 2 is 2.05 bits per heavy atom. The van der Waals surface area contributed by atoms with E-state index < -0.39 is 5.97 Å². The lowest BCUT2D eigenvalue weighted by Crippen LogP contribution is -2.31. The molecule has 104 valence electrons. The van der Waals surface area contributed by atoms with Gasteiger partial charge in [0.2, 0.25) is 5.91 Å². The van der Waals surface area contributed by atoms with Crippen molar-refractivity contribution >= 4 is 17.7 Å². The molecule has 0 saturated carbocycles. The maximum atomic E-state index is 11.5. The van der Waals surface area contributed by atoms with Crippen LogP contribution in [0.15, 0.2) is 6.07 Å². The highest BCUT2D eigenvalue weighted by molar-refractivity contribution is 5.95. The largest absolute Gasteiger partial charge is 0.478 e. The monoisotopic (exact) mass is 265 g/mol. The topological polar surface area (TPSA) is 91.3 Å². The van der Waals surface area contributed by atoms with Gasteiger partial charge in [-0.05, 0) is 31.9 Å². The van der Waals surface area contributed by atoms with Crippen molar-refractivity contribution in [2.45, 2.75) is 27.2 Å². The number of hydrogen-bond acceptors (Lipinski definition) is 4. The molecular formula is C13H19N3O3. The van der Waals surface area contributed by atoms with Crippen molar-refractivity contribution in [3.05, 3.63) is 22.9 Å². The van der Waals surface area contributed by atoms with Crippen LogP contribution in [0.3, 0.4) is 0 Å². The summed E-state index contributed by atoms with van der Waals surface area (Å²) in [5, 5.41) is 14.6. The number of hydrogen-bond donors (Lipinski definition) is 3. The number of carboxylic acids is 1. The van der Waals surface area contributed by atoms with Crippen LogP contribution in [0.2, 0.25) is 0 Å². The van der Waals surface area contributed by atoms with Gasteiger partial charge >= 0.3 is 5.97 Å². The maximum absolute atomic E-state index is 11.5. The zero-order valence-corrected chi connectivity index (χ0v) is 11.4. The van der Waals surface area contributed by atoms with Crippen LogP contribution in [0.25, 0.3) is 0 Å². The number of aryl methyl sites for hydroxylation is 2. The molecule has 3 N–H and O–H groups in total. The van der Waals surface area contributed by atoms with E-state index in [0.717, 1.165) is 6.42 Å². The molecule has 0 aromatic carbocycles. The van der Waals surface area contributed by atoms with Crippen LogP contribution in [-0.4, -0.2) is 35.1 Å². The number of nitrogens with one attached hydrogen (secondary N) is 2. The smallest absolute Gasteiger partial charge is 0.339 e. The van der Waals surface area contributed by atoms with Crippen molar-refractivity contribution in [2.24, 2.45) is 0 Å². The predicted octanol–water partition coefficient (Wildman–Crippen LogP) is 1.33. The Bertz CT molecular complexity index is 486. The number of amides is 1. The van der Waals surface area contributed by atoms with E-state index in [-0.39, 0.29) is 23.8 Å². The second-order valence-corrected chi connectivity index (χ2v) is 4.31. The second-order valence-electron chi connectivity index (χ2n) is 4.31. The van der Waals surface area contributed by atoms with E-state index in [1.165, 1.54) is 0 Å². The summed E-state index contributed by atoms with van der Waals surface area (Å²) in [7, 11) is 0. The molecule has 1 aromatic rings. The van der Waals surface area contributed by atoms with Gasteiger partial charge in [0, 0.05) is 12.2 Å². The number of carbonyl (C=O) groups is 2. The van der Waals surface area contributed by atoms with Gasteiger partial charge in [-0.25, -0.2) is 9.78 Å². The Morgan fingerprint density at radius 1 is 1.37 bits per heavy atom. The Kier molecular flexibility index (Phi) is 5.29. The molecule has 0 unspecified atom stereocenters. The first-order chi connectivity index (χ1) is 8.95. The zero-order chi connectivity index (χ0) is 14.4. The summed E-state index contributed by atoms with van der Waals surface area (Å²) in [6.07, 6.45) is 0.855. The van der Waals surface area contributed by atoms with Crippen molar-refractivity contribution in [3.8, 4) is 0 Å². The third-order valence-corrected chi connectivity index (χ3v) is 2.55. The number of anilines is 1. The maximum Gasteiger partial charge on any atom is 0.339 e. The highest BCUT2D eigenvalue weighted by Crippen LogP contribution is 2.18. The third kappa shape index (κ3) is 4.24. The average Bonchev–Trinajstić information content (AvgIpc) is 2.32. The fourth-order valence-electron chi connectivity index (χ4n) is 1.73. The minimum atomic E-state index is -1.05. The molecule has 1 rings (SSSR count). The van der Waals surface area contributed by atoms with E-state index in [4.69, 9.17) is 5.11 Å². The highest BCUT2D eigenvalue weighted by Gasteiger charge is 2.16. The summed E-state index contributed by atoms with van der Waals surface area (Å²) in [6.45, 7) is 6.06. The summed E-state index contributed by atoms with van der Waals surface area (Å²) in [5.41, 5.74) is 1.43. The predicted molar refractivity (Wildman–Crippen MR) is 72.5 cm³/mol. The van der Waals surface area contributed by atoms with Gasteiger partial charge in [-0.2, -0.15) is 0 Å². The third-order valence-electron chi connectivity index (χ3n) is 2.55. The minimum absolute atomic E-state index is 0.0101. The first-order valence-corrected chi connectivity index (χ1v) is 6.17. The van der Waals surface area contributed by atoms with Crippen molar-refractivity contribution < 1.29 is 14.7 Å². The molecule has 0 fully saturated rings. The van der Waals surface area contributed by atoms with Gasteiger partial charge in [-0.15, -0.1) is 0 Å². The molecule has 6 heteroatoms. The van der Waals surface area contributed by atoms with E-state index in [1.54, 1.807) is 19.9 Å². The van der Waals surface area contributed by atoms with E-state index in [9.17, 15) is 9.59 Å². The number of rotatable bonds is 6. The fourth-order valence-corrected chi connectivity index (χ4v) is 1.73. The zero-order valence-electron chi connectivity index (χ0n) is 11.4. The van der Waals surface area contributed by atoms with E-state index in [1.807, 2.05) is 6.92 Å². The van der Waals surface area contributed by atoms with Gasteiger partial charge in [0.05, 0.1) is 6.54 Å². The van der Waals surface area contributed by atoms with Gasteiger partial charge < -0.3 is 15.7 Å². The number of aromatic carboxylic acids is 1. The Labute approximate surface area is 112 Å². The number of carboxylic acid groups (broad SMARTS) is 1. The summed E-state index contributed by atoms with van der Waals surface area (Å²) >= 11 is 0. The van der Waals surface area contributed by atoms with Gasteiger partial charge in [-0.1, -0.05) is 6.92 Å². The van der Waals surface area contributed by atoms with Gasteiger partial charge in [0.1, 0.15) is 11.4 Å². The van der Waals surface area contributed by atoms with Crippen LogP contribution in [-0.2, 0) is 4.79 Å². The summed E-state index contributed by atoms with van der Waals surface area (Å²) in [6, 6.07) is 1.70. The second kappa shape index (κ2) is 6.72. The molecule has 0 aliphatic heterocycles. The summed E-state index contributed by atoms with van der Waals surface area (Å²) < 4.78 is 0. The molecule has 0 bridgehead atoms. The summed E-state index contributed by atoms with van der Waals surface area (Å²) in [5.74, 6) is -1.00. The lowest BCUT2D eigenvalue weighted by Gasteiger charge is -2.11. The molecule has 6 nitrogen and oxygen atoms in total. The van der Waals surface area contributed by atoms with Gasteiger partial charge in [0.15, 0.2) is 0 Å². The number of pyridine rings is 1. The Hall–Kier alpha value is -2.11. The quantitative estimate of drug-likeness (QED) is 0.722. The fraction of sp³-hybridized carbons (Fsp3) is 0.462. The SMILES string of the molecule is CCCNC(=O)CNc1nc(C)cc(C)c1C(=O)O. The molecule has 0 radical (unpaired) electrons. The molecule has 19 heavy (non-hydrogen) atoms. The van der Waals surface area contributed by atoms with Crippen molar-refractivity contribution in [3.63, 3.8) is 0 Å². The van der Waals surface area contributed by atoms with E-state index in [2.05, 4.69) is 15.6 Å². The normalized spacial score (nSPS) is 10.1. The van der Waals surface area contributed by atoms with Crippen molar-refractivity contribution in [1.29, 1.82) is 0 Å². The molecule has 0 aliphatic carbocycles. The van der Waals surface area contributed by atoms with Crippen LogP contribution in [0, 0.1) is 13.8 Å². The van der Waals surface area contributed by atoms with E-state index >= 15 is 0 Å². The summed E-state index contributed by atoms with van der Waals surface area (Å²) in [4.78, 5) is 26.8. The standard InChI is InChI=1S/C13H19N3O3/c1-4-5-14-10(17)7-15-12-11(13(18)19)8(2)6-9(3)16-12/h6H,4-5,7H2,1-3H3,(H,14,17)(H,15,16)(H,18,19). The van der Waals surface area contributed by atoms with E-state index in [0.29, 0.717) is 17.8 Å². The lowest BCUT2D eigenvalue weighted by atomic mass is 10.1. The Morgan fingerprint density at radius 3 is 2.63 bits per heavy atom. The molecule has 1 amide bonds. The lowest BCUT2D eigenvalue weighted by molar-refractivity contribution is -0.119.